The third-order valence-corrected chi connectivity index (χ3v) is 3.98. The van der Waals surface area contributed by atoms with Crippen LogP contribution in [0.15, 0.2) is 46.9 Å². The fourth-order valence-electron chi connectivity index (χ4n) is 2.12. The maximum atomic E-state index is 9.99. The van der Waals surface area contributed by atoms with Gasteiger partial charge in [0.1, 0.15) is 5.75 Å². The second-order valence-corrected chi connectivity index (χ2v) is 6.02. The Bertz CT molecular complexity index is 571. The standard InChI is InChI=1S/C16H17BrClNO/c1-2-15(14-9-12(17)5-8-16(14)20)19-10-11-3-6-13(18)7-4-11/h3-9,15,19-20H,2,10H2,1H3. The molecule has 0 bridgehead atoms. The maximum absolute atomic E-state index is 9.99. The van der Waals surface area contributed by atoms with Crippen LogP contribution in [0, 0.1) is 0 Å². The highest BCUT2D eigenvalue weighted by Gasteiger charge is 2.13. The van der Waals surface area contributed by atoms with E-state index in [-0.39, 0.29) is 6.04 Å². The van der Waals surface area contributed by atoms with E-state index < -0.39 is 0 Å². The molecule has 0 spiro atoms. The smallest absolute Gasteiger partial charge is 0.120 e. The molecule has 0 fully saturated rings. The predicted octanol–water partition coefficient (Wildman–Crippen LogP) is 5.05. The van der Waals surface area contributed by atoms with Crippen LogP contribution < -0.4 is 5.32 Å². The van der Waals surface area contributed by atoms with E-state index in [2.05, 4.69) is 28.2 Å². The Morgan fingerprint density at radius 2 is 1.90 bits per heavy atom. The van der Waals surface area contributed by atoms with Crippen LogP contribution in [0.1, 0.15) is 30.5 Å². The second-order valence-electron chi connectivity index (χ2n) is 4.67. The van der Waals surface area contributed by atoms with E-state index in [0.717, 1.165) is 28.0 Å². The number of aromatic hydroxyl groups is 1. The molecule has 2 aromatic carbocycles. The number of benzene rings is 2. The van der Waals surface area contributed by atoms with Gasteiger partial charge in [0.15, 0.2) is 0 Å². The third kappa shape index (κ3) is 3.98. The van der Waals surface area contributed by atoms with Crippen molar-refractivity contribution in [2.75, 3.05) is 0 Å². The van der Waals surface area contributed by atoms with Crippen molar-refractivity contribution in [2.24, 2.45) is 0 Å². The Kier molecular flexibility index (Phi) is 5.46. The van der Waals surface area contributed by atoms with Crippen molar-refractivity contribution in [3.8, 4) is 5.75 Å². The topological polar surface area (TPSA) is 32.3 Å². The summed E-state index contributed by atoms with van der Waals surface area (Å²) < 4.78 is 0.969. The molecule has 0 amide bonds. The Hall–Kier alpha value is -1.03. The summed E-state index contributed by atoms with van der Waals surface area (Å²) in [5, 5.41) is 14.2. The van der Waals surface area contributed by atoms with Crippen molar-refractivity contribution in [1.82, 2.24) is 5.32 Å². The third-order valence-electron chi connectivity index (χ3n) is 3.24. The molecule has 1 unspecified atom stereocenters. The van der Waals surface area contributed by atoms with Crippen LogP contribution >= 0.6 is 27.5 Å². The molecule has 4 heteroatoms. The first-order valence-corrected chi connectivity index (χ1v) is 7.73. The number of phenolic OH excluding ortho intramolecular Hbond substituents is 1. The largest absolute Gasteiger partial charge is 0.508 e. The molecule has 1 atom stereocenters. The molecule has 106 valence electrons. The quantitative estimate of drug-likeness (QED) is 0.787. The molecule has 0 saturated carbocycles. The fourth-order valence-corrected chi connectivity index (χ4v) is 2.63. The number of hydrogen-bond donors (Lipinski definition) is 2. The lowest BCUT2D eigenvalue weighted by Crippen LogP contribution is -2.20. The highest BCUT2D eigenvalue weighted by Crippen LogP contribution is 2.29. The minimum Gasteiger partial charge on any atom is -0.508 e. The van der Waals surface area contributed by atoms with Gasteiger partial charge in [-0.05, 0) is 42.3 Å². The highest BCUT2D eigenvalue weighted by atomic mass is 79.9. The number of hydrogen-bond acceptors (Lipinski definition) is 2. The Morgan fingerprint density at radius 1 is 1.20 bits per heavy atom. The molecule has 0 aliphatic rings. The molecule has 0 aliphatic heterocycles. The molecule has 0 radical (unpaired) electrons. The molecular weight excluding hydrogens is 338 g/mol. The van der Waals surface area contributed by atoms with Crippen molar-refractivity contribution in [3.63, 3.8) is 0 Å². The minimum atomic E-state index is 0.114. The van der Waals surface area contributed by atoms with Crippen LogP contribution in [-0.2, 0) is 6.54 Å². The van der Waals surface area contributed by atoms with Crippen molar-refractivity contribution < 1.29 is 5.11 Å². The molecular formula is C16H17BrClNO. The average molecular weight is 355 g/mol. The van der Waals surface area contributed by atoms with Crippen LogP contribution in [-0.4, -0.2) is 5.11 Å². The minimum absolute atomic E-state index is 0.114. The van der Waals surface area contributed by atoms with Gasteiger partial charge < -0.3 is 10.4 Å². The van der Waals surface area contributed by atoms with Crippen LogP contribution in [0.5, 0.6) is 5.75 Å². The first-order chi connectivity index (χ1) is 9.60. The molecule has 20 heavy (non-hydrogen) atoms. The van der Waals surface area contributed by atoms with Crippen molar-refractivity contribution in [3.05, 3.63) is 63.1 Å². The average Bonchev–Trinajstić information content (AvgIpc) is 2.45. The molecule has 2 rings (SSSR count). The zero-order valence-corrected chi connectivity index (χ0v) is 13.6. The summed E-state index contributed by atoms with van der Waals surface area (Å²) in [5.41, 5.74) is 2.08. The molecule has 2 aromatic rings. The summed E-state index contributed by atoms with van der Waals surface area (Å²) >= 11 is 9.32. The van der Waals surface area contributed by atoms with E-state index in [1.165, 1.54) is 5.56 Å². The monoisotopic (exact) mass is 353 g/mol. The zero-order valence-electron chi connectivity index (χ0n) is 11.2. The summed E-state index contributed by atoms with van der Waals surface area (Å²) in [4.78, 5) is 0. The Balaban J connectivity index is 2.09. The number of phenols is 1. The van der Waals surface area contributed by atoms with Gasteiger partial charge in [0, 0.05) is 27.6 Å². The van der Waals surface area contributed by atoms with Gasteiger partial charge in [-0.25, -0.2) is 0 Å². The van der Waals surface area contributed by atoms with Gasteiger partial charge in [-0.2, -0.15) is 0 Å². The van der Waals surface area contributed by atoms with E-state index in [0.29, 0.717) is 5.75 Å². The number of rotatable bonds is 5. The van der Waals surface area contributed by atoms with Gasteiger partial charge in [0.25, 0.3) is 0 Å². The van der Waals surface area contributed by atoms with Crippen molar-refractivity contribution in [1.29, 1.82) is 0 Å². The lowest BCUT2D eigenvalue weighted by atomic mass is 10.0. The van der Waals surface area contributed by atoms with E-state index >= 15 is 0 Å². The zero-order chi connectivity index (χ0) is 14.5. The van der Waals surface area contributed by atoms with E-state index in [9.17, 15) is 5.11 Å². The maximum Gasteiger partial charge on any atom is 0.120 e. The van der Waals surface area contributed by atoms with Crippen LogP contribution in [0.3, 0.4) is 0 Å². The molecule has 0 aromatic heterocycles. The van der Waals surface area contributed by atoms with Crippen LogP contribution in [0.2, 0.25) is 5.02 Å². The van der Waals surface area contributed by atoms with E-state index in [1.807, 2.05) is 36.4 Å². The molecule has 0 heterocycles. The van der Waals surface area contributed by atoms with E-state index in [1.54, 1.807) is 6.07 Å². The first-order valence-electron chi connectivity index (χ1n) is 6.56. The van der Waals surface area contributed by atoms with Gasteiger partial charge in [0.2, 0.25) is 0 Å². The Labute approximate surface area is 132 Å². The Morgan fingerprint density at radius 3 is 2.55 bits per heavy atom. The lowest BCUT2D eigenvalue weighted by Gasteiger charge is -2.19. The fraction of sp³-hybridized carbons (Fsp3) is 0.250. The molecule has 2 N–H and O–H groups in total. The summed E-state index contributed by atoms with van der Waals surface area (Å²) in [6.45, 7) is 2.83. The lowest BCUT2D eigenvalue weighted by molar-refractivity contribution is 0.440. The molecule has 2 nitrogen and oxygen atoms in total. The summed E-state index contributed by atoms with van der Waals surface area (Å²) in [7, 11) is 0. The second kappa shape index (κ2) is 7.11. The van der Waals surface area contributed by atoms with Crippen molar-refractivity contribution in [2.45, 2.75) is 25.9 Å². The normalized spacial score (nSPS) is 12.3. The molecule has 0 saturated heterocycles. The van der Waals surface area contributed by atoms with Gasteiger partial charge in [-0.15, -0.1) is 0 Å². The summed E-state index contributed by atoms with van der Waals surface area (Å²) in [6.07, 6.45) is 0.900. The summed E-state index contributed by atoms with van der Waals surface area (Å²) in [6, 6.07) is 13.4. The van der Waals surface area contributed by atoms with Crippen LogP contribution in [0.4, 0.5) is 0 Å². The SMILES string of the molecule is CCC(NCc1ccc(Cl)cc1)c1cc(Br)ccc1O. The molecule has 0 aliphatic carbocycles. The van der Waals surface area contributed by atoms with Gasteiger partial charge in [0.05, 0.1) is 0 Å². The van der Waals surface area contributed by atoms with Crippen molar-refractivity contribution >= 4 is 27.5 Å². The van der Waals surface area contributed by atoms with Gasteiger partial charge in [-0.1, -0.05) is 46.6 Å². The number of halogens is 2. The predicted molar refractivity (Wildman–Crippen MR) is 87.1 cm³/mol. The highest BCUT2D eigenvalue weighted by molar-refractivity contribution is 9.10. The number of nitrogens with one attached hydrogen (secondary N) is 1. The van der Waals surface area contributed by atoms with E-state index in [4.69, 9.17) is 11.6 Å². The van der Waals surface area contributed by atoms with Crippen LogP contribution in [0.25, 0.3) is 0 Å². The summed E-state index contributed by atoms with van der Waals surface area (Å²) in [5.74, 6) is 0.323. The first kappa shape index (κ1) is 15.4. The van der Waals surface area contributed by atoms with Gasteiger partial charge in [-0.3, -0.25) is 0 Å². The van der Waals surface area contributed by atoms with Gasteiger partial charge >= 0.3 is 0 Å².